The maximum absolute atomic E-state index is 11.7. The number of nitrogens with one attached hydrogen (secondary N) is 1. The van der Waals surface area contributed by atoms with Crippen LogP contribution in [0, 0.1) is 0 Å². The monoisotopic (exact) mass is 262 g/mol. The molecule has 0 atom stereocenters. The fourth-order valence-corrected chi connectivity index (χ4v) is 1.89. The molecule has 0 aliphatic rings. The SMILES string of the molecule is CCCNC(=O)Cn1c(N)nc2cc(OC)ccc21. The number of anilines is 1. The number of nitrogens with zero attached hydrogens (tertiary/aromatic N) is 2. The Labute approximate surface area is 111 Å². The number of rotatable bonds is 5. The quantitative estimate of drug-likeness (QED) is 0.847. The van der Waals surface area contributed by atoms with Crippen LogP contribution in [0.1, 0.15) is 13.3 Å². The van der Waals surface area contributed by atoms with Crippen LogP contribution in [0.3, 0.4) is 0 Å². The van der Waals surface area contributed by atoms with Crippen molar-refractivity contribution in [3.63, 3.8) is 0 Å². The first-order valence-corrected chi connectivity index (χ1v) is 6.22. The Kier molecular flexibility index (Phi) is 3.89. The number of nitrogens with two attached hydrogens (primary N) is 1. The highest BCUT2D eigenvalue weighted by Gasteiger charge is 2.11. The molecule has 0 spiro atoms. The standard InChI is InChI=1S/C13H18N4O2/c1-3-6-15-12(18)8-17-11-5-4-9(19-2)7-10(11)16-13(17)14/h4-5,7H,3,6,8H2,1-2H3,(H2,14,16)(H,15,18). The van der Waals surface area contributed by atoms with E-state index in [1.165, 1.54) is 0 Å². The molecule has 1 amide bonds. The number of imidazole rings is 1. The summed E-state index contributed by atoms with van der Waals surface area (Å²) < 4.78 is 6.83. The molecule has 0 bridgehead atoms. The fourth-order valence-electron chi connectivity index (χ4n) is 1.89. The number of methoxy groups -OCH3 is 1. The van der Waals surface area contributed by atoms with Gasteiger partial charge in [0.2, 0.25) is 11.9 Å². The summed E-state index contributed by atoms with van der Waals surface area (Å²) in [4.78, 5) is 16.0. The van der Waals surface area contributed by atoms with E-state index in [1.807, 2.05) is 19.1 Å². The molecule has 1 aromatic carbocycles. The van der Waals surface area contributed by atoms with Crippen molar-refractivity contribution in [2.45, 2.75) is 19.9 Å². The minimum atomic E-state index is -0.0660. The Hall–Kier alpha value is -2.24. The summed E-state index contributed by atoms with van der Waals surface area (Å²) in [7, 11) is 1.60. The lowest BCUT2D eigenvalue weighted by atomic mass is 10.3. The number of carbonyl (C=O) groups excluding carboxylic acids is 1. The highest BCUT2D eigenvalue weighted by atomic mass is 16.5. The van der Waals surface area contributed by atoms with Crippen molar-refractivity contribution in [2.24, 2.45) is 0 Å². The van der Waals surface area contributed by atoms with Gasteiger partial charge in [-0.15, -0.1) is 0 Å². The molecule has 0 aliphatic heterocycles. The van der Waals surface area contributed by atoms with Gasteiger partial charge in [-0.25, -0.2) is 4.98 Å². The molecule has 6 nitrogen and oxygen atoms in total. The van der Waals surface area contributed by atoms with Gasteiger partial charge in [0.1, 0.15) is 12.3 Å². The van der Waals surface area contributed by atoms with Gasteiger partial charge in [0.15, 0.2) is 0 Å². The summed E-state index contributed by atoms with van der Waals surface area (Å²) in [6.07, 6.45) is 0.906. The average Bonchev–Trinajstić information content (AvgIpc) is 2.72. The molecule has 19 heavy (non-hydrogen) atoms. The van der Waals surface area contributed by atoms with Crippen LogP contribution in [-0.4, -0.2) is 29.1 Å². The van der Waals surface area contributed by atoms with E-state index in [-0.39, 0.29) is 12.5 Å². The van der Waals surface area contributed by atoms with Gasteiger partial charge < -0.3 is 20.4 Å². The number of benzene rings is 1. The average molecular weight is 262 g/mol. The van der Waals surface area contributed by atoms with Crippen molar-refractivity contribution in [3.05, 3.63) is 18.2 Å². The molecule has 0 radical (unpaired) electrons. The van der Waals surface area contributed by atoms with E-state index >= 15 is 0 Å². The van der Waals surface area contributed by atoms with Gasteiger partial charge in [0, 0.05) is 12.6 Å². The summed E-state index contributed by atoms with van der Waals surface area (Å²) in [5, 5.41) is 2.82. The molecule has 0 saturated carbocycles. The summed E-state index contributed by atoms with van der Waals surface area (Å²) in [6, 6.07) is 5.47. The van der Waals surface area contributed by atoms with Gasteiger partial charge in [0.05, 0.1) is 18.1 Å². The maximum Gasteiger partial charge on any atom is 0.240 e. The third kappa shape index (κ3) is 2.78. The first-order chi connectivity index (χ1) is 9.15. The van der Waals surface area contributed by atoms with E-state index < -0.39 is 0 Å². The zero-order chi connectivity index (χ0) is 13.8. The van der Waals surface area contributed by atoms with E-state index in [1.54, 1.807) is 17.7 Å². The summed E-state index contributed by atoms with van der Waals surface area (Å²) in [5.41, 5.74) is 7.40. The van der Waals surface area contributed by atoms with Crippen LogP contribution in [-0.2, 0) is 11.3 Å². The topological polar surface area (TPSA) is 82.2 Å². The van der Waals surface area contributed by atoms with Crippen LogP contribution in [0.5, 0.6) is 5.75 Å². The molecule has 0 saturated heterocycles. The van der Waals surface area contributed by atoms with Crippen LogP contribution < -0.4 is 15.8 Å². The van der Waals surface area contributed by atoms with Gasteiger partial charge in [-0.05, 0) is 18.6 Å². The Bertz CT molecular complexity index is 592. The minimum Gasteiger partial charge on any atom is -0.497 e. The molecule has 0 aliphatic carbocycles. The molecule has 1 heterocycles. The molecule has 0 unspecified atom stereocenters. The third-order valence-electron chi connectivity index (χ3n) is 2.86. The second-order valence-electron chi connectivity index (χ2n) is 4.26. The lowest BCUT2D eigenvalue weighted by Crippen LogP contribution is -2.28. The number of amides is 1. The first kappa shape index (κ1) is 13.2. The molecule has 3 N–H and O–H groups in total. The van der Waals surface area contributed by atoms with Crippen molar-refractivity contribution in [2.75, 3.05) is 19.4 Å². The maximum atomic E-state index is 11.7. The van der Waals surface area contributed by atoms with Crippen LogP contribution in [0.25, 0.3) is 11.0 Å². The number of aromatic nitrogens is 2. The molecular weight excluding hydrogens is 244 g/mol. The fraction of sp³-hybridized carbons (Fsp3) is 0.385. The zero-order valence-corrected chi connectivity index (χ0v) is 11.1. The molecule has 1 aromatic heterocycles. The Morgan fingerprint density at radius 3 is 3.00 bits per heavy atom. The van der Waals surface area contributed by atoms with Gasteiger partial charge in [-0.2, -0.15) is 0 Å². The van der Waals surface area contributed by atoms with E-state index in [4.69, 9.17) is 10.5 Å². The zero-order valence-electron chi connectivity index (χ0n) is 11.1. The highest BCUT2D eigenvalue weighted by Crippen LogP contribution is 2.22. The molecule has 6 heteroatoms. The van der Waals surface area contributed by atoms with Crippen LogP contribution >= 0.6 is 0 Å². The van der Waals surface area contributed by atoms with Gasteiger partial charge in [-0.3, -0.25) is 4.79 Å². The van der Waals surface area contributed by atoms with E-state index in [9.17, 15) is 4.79 Å². The second-order valence-corrected chi connectivity index (χ2v) is 4.26. The van der Waals surface area contributed by atoms with E-state index in [0.717, 1.165) is 17.5 Å². The highest BCUT2D eigenvalue weighted by molar-refractivity contribution is 5.83. The Balaban J connectivity index is 2.27. The normalized spacial score (nSPS) is 10.6. The molecule has 0 fully saturated rings. The van der Waals surface area contributed by atoms with Gasteiger partial charge in [-0.1, -0.05) is 6.92 Å². The van der Waals surface area contributed by atoms with Crippen molar-refractivity contribution in [3.8, 4) is 5.75 Å². The smallest absolute Gasteiger partial charge is 0.240 e. The van der Waals surface area contributed by atoms with E-state index in [0.29, 0.717) is 18.2 Å². The van der Waals surface area contributed by atoms with Gasteiger partial charge in [0.25, 0.3) is 0 Å². The predicted molar refractivity (Wildman–Crippen MR) is 74.0 cm³/mol. The Morgan fingerprint density at radius 1 is 1.53 bits per heavy atom. The summed E-state index contributed by atoms with van der Waals surface area (Å²) in [6.45, 7) is 2.85. The van der Waals surface area contributed by atoms with Crippen LogP contribution in [0.2, 0.25) is 0 Å². The molecular formula is C13H18N4O2. The first-order valence-electron chi connectivity index (χ1n) is 6.22. The lowest BCUT2D eigenvalue weighted by molar-refractivity contribution is -0.121. The number of fused-ring (bicyclic) bond motifs is 1. The Morgan fingerprint density at radius 2 is 2.32 bits per heavy atom. The molecule has 2 aromatic rings. The van der Waals surface area contributed by atoms with Crippen molar-refractivity contribution in [1.82, 2.24) is 14.9 Å². The third-order valence-corrected chi connectivity index (χ3v) is 2.86. The number of ether oxygens (including phenoxy) is 1. The summed E-state index contributed by atoms with van der Waals surface area (Å²) in [5.74, 6) is 0.978. The lowest BCUT2D eigenvalue weighted by Gasteiger charge is -2.07. The number of hydrogen-bond acceptors (Lipinski definition) is 4. The predicted octanol–water partition coefficient (Wildman–Crippen LogP) is 1.15. The number of nitrogen functional groups attached to an aromatic ring is 1. The van der Waals surface area contributed by atoms with Crippen molar-refractivity contribution < 1.29 is 9.53 Å². The minimum absolute atomic E-state index is 0.0660. The van der Waals surface area contributed by atoms with Crippen molar-refractivity contribution in [1.29, 1.82) is 0 Å². The second kappa shape index (κ2) is 5.60. The van der Waals surface area contributed by atoms with Crippen LogP contribution in [0.15, 0.2) is 18.2 Å². The van der Waals surface area contributed by atoms with E-state index in [2.05, 4.69) is 10.3 Å². The molecule has 2 rings (SSSR count). The van der Waals surface area contributed by atoms with Gasteiger partial charge >= 0.3 is 0 Å². The molecule has 102 valence electrons. The van der Waals surface area contributed by atoms with Crippen molar-refractivity contribution >= 4 is 22.9 Å². The van der Waals surface area contributed by atoms with Crippen LogP contribution in [0.4, 0.5) is 5.95 Å². The summed E-state index contributed by atoms with van der Waals surface area (Å²) >= 11 is 0. The largest absolute Gasteiger partial charge is 0.497 e. The number of carbonyl (C=O) groups is 1. The number of hydrogen-bond donors (Lipinski definition) is 2.